The highest BCUT2D eigenvalue weighted by Gasteiger charge is 2.05. The van der Waals surface area contributed by atoms with Crippen LogP contribution in [-0.4, -0.2) is 10.9 Å². The van der Waals surface area contributed by atoms with Gasteiger partial charge in [0.05, 0.1) is 5.70 Å². The number of hydrazine groups is 1. The van der Waals surface area contributed by atoms with Crippen LogP contribution < -0.4 is 16.6 Å². The first-order valence-electron chi connectivity index (χ1n) is 5.68. The molecule has 0 aliphatic carbocycles. The molecule has 0 aliphatic rings. The van der Waals surface area contributed by atoms with Crippen LogP contribution in [0.25, 0.3) is 5.70 Å². The van der Waals surface area contributed by atoms with E-state index in [1.54, 1.807) is 42.7 Å². The summed E-state index contributed by atoms with van der Waals surface area (Å²) < 4.78 is 0. The molecule has 0 saturated carbocycles. The molecule has 1 aromatic carbocycles. The minimum Gasteiger partial charge on any atom is -0.399 e. The Hall–Kier alpha value is -2.82. The van der Waals surface area contributed by atoms with Crippen LogP contribution >= 0.6 is 0 Å². The predicted molar refractivity (Wildman–Crippen MR) is 74.7 cm³/mol. The molecule has 5 nitrogen and oxygen atoms in total. The Labute approximate surface area is 111 Å². The number of benzene rings is 1. The Bertz CT molecular complexity index is 578. The van der Waals surface area contributed by atoms with Gasteiger partial charge in [0.1, 0.15) is 0 Å². The molecule has 1 heterocycles. The van der Waals surface area contributed by atoms with E-state index in [1.807, 2.05) is 6.07 Å². The van der Waals surface area contributed by atoms with Crippen LogP contribution in [0.4, 0.5) is 5.69 Å². The minimum atomic E-state index is -0.259. The van der Waals surface area contributed by atoms with E-state index in [2.05, 4.69) is 22.4 Å². The van der Waals surface area contributed by atoms with Gasteiger partial charge in [-0.1, -0.05) is 6.58 Å². The van der Waals surface area contributed by atoms with E-state index >= 15 is 0 Å². The third kappa shape index (κ3) is 3.32. The predicted octanol–water partition coefficient (Wildman–Crippen LogP) is 1.57. The Morgan fingerprint density at radius 1 is 1.11 bits per heavy atom. The maximum Gasteiger partial charge on any atom is 0.269 e. The normalized spacial score (nSPS) is 9.68. The van der Waals surface area contributed by atoms with Gasteiger partial charge < -0.3 is 5.73 Å². The summed E-state index contributed by atoms with van der Waals surface area (Å²) in [5.74, 6) is -0.259. The molecule has 1 aromatic heterocycles. The van der Waals surface area contributed by atoms with E-state index in [9.17, 15) is 4.79 Å². The van der Waals surface area contributed by atoms with Gasteiger partial charge in [-0.25, -0.2) is 0 Å². The average Bonchev–Trinajstić information content (AvgIpc) is 2.46. The number of rotatable bonds is 4. The summed E-state index contributed by atoms with van der Waals surface area (Å²) in [5.41, 5.74) is 13.4. The number of pyridine rings is 1. The molecule has 5 heteroatoms. The highest BCUT2D eigenvalue weighted by molar-refractivity contribution is 5.94. The zero-order valence-electron chi connectivity index (χ0n) is 10.3. The molecular weight excluding hydrogens is 240 g/mol. The molecule has 4 N–H and O–H groups in total. The highest BCUT2D eigenvalue weighted by Crippen LogP contribution is 2.07. The van der Waals surface area contributed by atoms with Crippen molar-refractivity contribution in [1.82, 2.24) is 15.8 Å². The zero-order chi connectivity index (χ0) is 13.7. The summed E-state index contributed by atoms with van der Waals surface area (Å²) in [5, 5.41) is 0. The second-order valence-electron chi connectivity index (χ2n) is 3.92. The number of nitrogens with zero attached hydrogens (tertiary/aromatic N) is 1. The third-order valence-electron chi connectivity index (χ3n) is 2.51. The lowest BCUT2D eigenvalue weighted by Crippen LogP contribution is -2.35. The van der Waals surface area contributed by atoms with Gasteiger partial charge >= 0.3 is 0 Å². The number of nitrogens with one attached hydrogen (secondary N) is 2. The summed E-state index contributed by atoms with van der Waals surface area (Å²) in [4.78, 5) is 15.8. The Morgan fingerprint density at radius 2 is 1.84 bits per heavy atom. The zero-order valence-corrected chi connectivity index (χ0v) is 10.3. The van der Waals surface area contributed by atoms with Gasteiger partial charge in [0, 0.05) is 29.2 Å². The molecule has 0 aliphatic heterocycles. The van der Waals surface area contributed by atoms with Crippen molar-refractivity contribution in [2.24, 2.45) is 0 Å². The number of carbonyl (C=O) groups is 1. The monoisotopic (exact) mass is 254 g/mol. The molecular formula is C14H14N4O. The second-order valence-corrected chi connectivity index (χ2v) is 3.92. The van der Waals surface area contributed by atoms with Crippen molar-refractivity contribution in [2.75, 3.05) is 5.73 Å². The van der Waals surface area contributed by atoms with Crippen LogP contribution in [0.5, 0.6) is 0 Å². The summed E-state index contributed by atoms with van der Waals surface area (Å²) in [6, 6.07) is 10.3. The van der Waals surface area contributed by atoms with E-state index in [-0.39, 0.29) is 5.91 Å². The lowest BCUT2D eigenvalue weighted by molar-refractivity contribution is 0.0942. The second kappa shape index (κ2) is 5.68. The first-order valence-corrected chi connectivity index (χ1v) is 5.68. The fourth-order valence-corrected chi connectivity index (χ4v) is 1.45. The summed E-state index contributed by atoms with van der Waals surface area (Å²) in [6.07, 6.45) is 3.33. The van der Waals surface area contributed by atoms with Crippen molar-refractivity contribution >= 4 is 17.3 Å². The van der Waals surface area contributed by atoms with Crippen molar-refractivity contribution in [3.8, 4) is 0 Å². The van der Waals surface area contributed by atoms with Gasteiger partial charge in [0.25, 0.3) is 5.91 Å². The maximum absolute atomic E-state index is 11.8. The minimum absolute atomic E-state index is 0.259. The van der Waals surface area contributed by atoms with Crippen LogP contribution in [0.3, 0.4) is 0 Å². The molecule has 0 saturated heterocycles. The van der Waals surface area contributed by atoms with Crippen LogP contribution in [0.2, 0.25) is 0 Å². The number of nitrogens with two attached hydrogens (primary N) is 1. The van der Waals surface area contributed by atoms with Crippen molar-refractivity contribution < 1.29 is 4.79 Å². The van der Waals surface area contributed by atoms with Gasteiger partial charge in [-0.2, -0.15) is 0 Å². The van der Waals surface area contributed by atoms with Crippen molar-refractivity contribution in [2.45, 2.75) is 0 Å². The lowest BCUT2D eigenvalue weighted by Gasteiger charge is -2.10. The molecule has 0 fully saturated rings. The van der Waals surface area contributed by atoms with Crippen molar-refractivity contribution in [1.29, 1.82) is 0 Å². The fraction of sp³-hybridized carbons (Fsp3) is 0. The standard InChI is InChI=1S/C14H14N4O/c1-10(12-3-2-8-16-9-12)17-18-14(19)11-4-6-13(15)7-5-11/h2-9,17H,1,15H2,(H,18,19). The molecule has 19 heavy (non-hydrogen) atoms. The van der Waals surface area contributed by atoms with Crippen LogP contribution in [0.1, 0.15) is 15.9 Å². The van der Waals surface area contributed by atoms with Crippen molar-refractivity contribution in [3.63, 3.8) is 0 Å². The molecule has 2 rings (SSSR count). The van der Waals surface area contributed by atoms with E-state index < -0.39 is 0 Å². The molecule has 0 spiro atoms. The van der Waals surface area contributed by atoms with Gasteiger partial charge in [0.15, 0.2) is 0 Å². The lowest BCUT2D eigenvalue weighted by atomic mass is 10.2. The SMILES string of the molecule is C=C(NNC(=O)c1ccc(N)cc1)c1cccnc1. The van der Waals surface area contributed by atoms with E-state index in [0.717, 1.165) is 5.56 Å². The number of nitrogen functional groups attached to an aromatic ring is 1. The topological polar surface area (TPSA) is 80.0 Å². The number of amides is 1. The Kier molecular flexibility index (Phi) is 3.78. The van der Waals surface area contributed by atoms with Gasteiger partial charge in [0.2, 0.25) is 0 Å². The summed E-state index contributed by atoms with van der Waals surface area (Å²) >= 11 is 0. The van der Waals surface area contributed by atoms with Crippen molar-refractivity contribution in [3.05, 3.63) is 66.5 Å². The smallest absolute Gasteiger partial charge is 0.269 e. The van der Waals surface area contributed by atoms with E-state index in [4.69, 9.17) is 5.73 Å². The van der Waals surface area contributed by atoms with E-state index in [0.29, 0.717) is 16.9 Å². The molecule has 1 amide bonds. The number of hydrogen-bond donors (Lipinski definition) is 3. The number of carbonyl (C=O) groups excluding carboxylic acids is 1. The first kappa shape index (κ1) is 12.6. The largest absolute Gasteiger partial charge is 0.399 e. The number of hydrogen-bond acceptors (Lipinski definition) is 4. The number of anilines is 1. The quantitative estimate of drug-likeness (QED) is 0.571. The van der Waals surface area contributed by atoms with Gasteiger partial charge in [-0.15, -0.1) is 0 Å². The Balaban J connectivity index is 1.94. The molecule has 96 valence electrons. The van der Waals surface area contributed by atoms with Gasteiger partial charge in [-0.3, -0.25) is 20.6 Å². The van der Waals surface area contributed by atoms with E-state index in [1.165, 1.54) is 0 Å². The fourth-order valence-electron chi connectivity index (χ4n) is 1.45. The Morgan fingerprint density at radius 3 is 2.47 bits per heavy atom. The average molecular weight is 254 g/mol. The molecule has 0 bridgehead atoms. The highest BCUT2D eigenvalue weighted by atomic mass is 16.2. The molecule has 0 atom stereocenters. The number of aromatic nitrogens is 1. The first-order chi connectivity index (χ1) is 9.16. The van der Waals surface area contributed by atoms with Crippen LogP contribution in [0, 0.1) is 0 Å². The molecule has 0 radical (unpaired) electrons. The van der Waals surface area contributed by atoms with Crippen LogP contribution in [0.15, 0.2) is 55.4 Å². The molecule has 0 unspecified atom stereocenters. The maximum atomic E-state index is 11.8. The summed E-state index contributed by atoms with van der Waals surface area (Å²) in [6.45, 7) is 3.82. The summed E-state index contributed by atoms with van der Waals surface area (Å²) in [7, 11) is 0. The molecule has 2 aromatic rings. The van der Waals surface area contributed by atoms with Crippen LogP contribution in [-0.2, 0) is 0 Å². The van der Waals surface area contributed by atoms with Gasteiger partial charge in [-0.05, 0) is 36.4 Å². The third-order valence-corrected chi connectivity index (χ3v) is 2.51.